The van der Waals surface area contributed by atoms with E-state index in [2.05, 4.69) is 52.4 Å². The van der Waals surface area contributed by atoms with Crippen molar-refractivity contribution in [3.8, 4) is 0 Å². The fourth-order valence-electron chi connectivity index (χ4n) is 2.53. The van der Waals surface area contributed by atoms with Gasteiger partial charge in [-0.1, -0.05) is 18.2 Å². The van der Waals surface area contributed by atoms with Crippen molar-refractivity contribution in [3.63, 3.8) is 0 Å². The molecule has 0 amide bonds. The molecule has 3 heteroatoms. The second-order valence-electron chi connectivity index (χ2n) is 4.86. The number of hydrogen-bond acceptors (Lipinski definition) is 3. The van der Waals surface area contributed by atoms with Crippen LogP contribution in [-0.4, -0.2) is 50.7 Å². The monoisotopic (exact) mass is 247 g/mol. The van der Waals surface area contributed by atoms with Gasteiger partial charge in [-0.05, 0) is 32.0 Å². The fourth-order valence-corrected chi connectivity index (χ4v) is 2.53. The molecule has 0 aliphatic carbocycles. The molecule has 100 valence electrons. The standard InChI is InChI=1S/C15H25N3/c1-2-18(15-7-4-3-5-8-15)12-6-11-17-13-9-16-10-14-17/h3-5,7-8,16H,2,6,9-14H2,1H3. The Morgan fingerprint density at radius 2 is 1.89 bits per heavy atom. The van der Waals surface area contributed by atoms with E-state index in [9.17, 15) is 0 Å². The summed E-state index contributed by atoms with van der Waals surface area (Å²) in [6.45, 7) is 10.4. The van der Waals surface area contributed by atoms with Gasteiger partial charge in [0, 0.05) is 45.0 Å². The van der Waals surface area contributed by atoms with Crippen LogP contribution in [0.15, 0.2) is 30.3 Å². The van der Waals surface area contributed by atoms with Crippen molar-refractivity contribution in [3.05, 3.63) is 30.3 Å². The molecule has 1 aliphatic heterocycles. The van der Waals surface area contributed by atoms with Gasteiger partial charge in [-0.25, -0.2) is 0 Å². The molecule has 1 heterocycles. The van der Waals surface area contributed by atoms with Gasteiger partial charge in [0.15, 0.2) is 0 Å². The maximum atomic E-state index is 3.40. The first-order valence-electron chi connectivity index (χ1n) is 7.13. The lowest BCUT2D eigenvalue weighted by molar-refractivity contribution is 0.239. The highest BCUT2D eigenvalue weighted by molar-refractivity contribution is 5.45. The van der Waals surface area contributed by atoms with Gasteiger partial charge in [0.2, 0.25) is 0 Å². The van der Waals surface area contributed by atoms with Gasteiger partial charge in [-0.3, -0.25) is 0 Å². The van der Waals surface area contributed by atoms with Crippen LogP contribution in [-0.2, 0) is 0 Å². The van der Waals surface area contributed by atoms with E-state index in [0.717, 1.165) is 26.2 Å². The summed E-state index contributed by atoms with van der Waals surface area (Å²) in [6.07, 6.45) is 1.25. The van der Waals surface area contributed by atoms with Crippen LogP contribution in [0, 0.1) is 0 Å². The molecule has 0 bridgehead atoms. The minimum atomic E-state index is 1.09. The lowest BCUT2D eigenvalue weighted by Crippen LogP contribution is -2.44. The van der Waals surface area contributed by atoms with Crippen molar-refractivity contribution < 1.29 is 0 Å². The molecule has 3 nitrogen and oxygen atoms in total. The summed E-state index contributed by atoms with van der Waals surface area (Å²) in [5.41, 5.74) is 1.35. The molecule has 1 aliphatic rings. The van der Waals surface area contributed by atoms with Crippen molar-refractivity contribution in [1.29, 1.82) is 0 Å². The van der Waals surface area contributed by atoms with E-state index in [-0.39, 0.29) is 0 Å². The summed E-state index contributed by atoms with van der Waals surface area (Å²) in [5.74, 6) is 0. The van der Waals surface area contributed by atoms with Gasteiger partial charge >= 0.3 is 0 Å². The molecule has 1 N–H and O–H groups in total. The first-order valence-corrected chi connectivity index (χ1v) is 7.13. The minimum Gasteiger partial charge on any atom is -0.372 e. The number of rotatable bonds is 6. The van der Waals surface area contributed by atoms with Crippen LogP contribution >= 0.6 is 0 Å². The molecule has 1 aromatic rings. The number of nitrogens with zero attached hydrogens (tertiary/aromatic N) is 2. The van der Waals surface area contributed by atoms with Crippen LogP contribution < -0.4 is 10.2 Å². The van der Waals surface area contributed by atoms with E-state index in [1.54, 1.807) is 0 Å². The molecule has 0 atom stereocenters. The molecular formula is C15H25N3. The van der Waals surface area contributed by atoms with Crippen molar-refractivity contribution in [2.45, 2.75) is 13.3 Å². The zero-order valence-electron chi connectivity index (χ0n) is 11.4. The summed E-state index contributed by atoms with van der Waals surface area (Å²) >= 11 is 0. The molecule has 1 fully saturated rings. The summed E-state index contributed by atoms with van der Waals surface area (Å²) in [5, 5.41) is 3.40. The zero-order valence-corrected chi connectivity index (χ0v) is 11.4. The van der Waals surface area contributed by atoms with Crippen LogP contribution in [0.4, 0.5) is 5.69 Å². The Morgan fingerprint density at radius 3 is 2.56 bits per heavy atom. The Balaban J connectivity index is 1.73. The smallest absolute Gasteiger partial charge is 0.0366 e. The summed E-state index contributed by atoms with van der Waals surface area (Å²) in [4.78, 5) is 5.03. The molecule has 1 saturated heterocycles. The third-order valence-electron chi connectivity index (χ3n) is 3.62. The summed E-state index contributed by atoms with van der Waals surface area (Å²) in [6, 6.07) is 10.7. The van der Waals surface area contributed by atoms with Crippen LogP contribution in [0.25, 0.3) is 0 Å². The number of anilines is 1. The van der Waals surface area contributed by atoms with E-state index in [0.29, 0.717) is 0 Å². The number of nitrogens with one attached hydrogen (secondary N) is 1. The van der Waals surface area contributed by atoms with E-state index >= 15 is 0 Å². The van der Waals surface area contributed by atoms with E-state index in [1.165, 1.54) is 31.7 Å². The molecule has 2 rings (SSSR count). The Labute approximate surface area is 111 Å². The average Bonchev–Trinajstić information content (AvgIpc) is 2.46. The Morgan fingerprint density at radius 1 is 1.17 bits per heavy atom. The second kappa shape index (κ2) is 7.39. The molecule has 1 aromatic carbocycles. The molecule has 0 radical (unpaired) electrons. The normalized spacial score (nSPS) is 16.7. The number of para-hydroxylation sites is 1. The molecule has 0 saturated carbocycles. The lowest BCUT2D eigenvalue weighted by atomic mass is 10.2. The molecular weight excluding hydrogens is 222 g/mol. The first kappa shape index (κ1) is 13.4. The highest BCUT2D eigenvalue weighted by Crippen LogP contribution is 2.13. The van der Waals surface area contributed by atoms with E-state index in [1.807, 2.05) is 0 Å². The molecule has 0 unspecified atom stereocenters. The number of benzene rings is 1. The predicted octanol–water partition coefficient (Wildman–Crippen LogP) is 1.81. The van der Waals surface area contributed by atoms with Gasteiger partial charge in [0.05, 0.1) is 0 Å². The van der Waals surface area contributed by atoms with E-state index < -0.39 is 0 Å². The van der Waals surface area contributed by atoms with Crippen LogP contribution in [0.1, 0.15) is 13.3 Å². The lowest BCUT2D eigenvalue weighted by Gasteiger charge is -2.29. The highest BCUT2D eigenvalue weighted by atomic mass is 15.2. The van der Waals surface area contributed by atoms with Crippen molar-refractivity contribution in [2.75, 3.05) is 50.7 Å². The molecule has 18 heavy (non-hydrogen) atoms. The average molecular weight is 247 g/mol. The maximum absolute atomic E-state index is 3.40. The zero-order chi connectivity index (χ0) is 12.6. The van der Waals surface area contributed by atoms with Gasteiger partial charge < -0.3 is 15.1 Å². The third-order valence-corrected chi connectivity index (χ3v) is 3.62. The van der Waals surface area contributed by atoms with Gasteiger partial charge in [0.25, 0.3) is 0 Å². The second-order valence-corrected chi connectivity index (χ2v) is 4.86. The highest BCUT2D eigenvalue weighted by Gasteiger charge is 2.09. The van der Waals surface area contributed by atoms with Gasteiger partial charge in [-0.2, -0.15) is 0 Å². The number of hydrogen-bond donors (Lipinski definition) is 1. The quantitative estimate of drug-likeness (QED) is 0.827. The summed E-state index contributed by atoms with van der Waals surface area (Å²) in [7, 11) is 0. The topological polar surface area (TPSA) is 18.5 Å². The SMILES string of the molecule is CCN(CCCN1CCNCC1)c1ccccc1. The Hall–Kier alpha value is -1.06. The molecule has 0 spiro atoms. The Bertz CT molecular complexity index is 320. The minimum absolute atomic E-state index is 1.09. The van der Waals surface area contributed by atoms with Crippen LogP contribution in [0.2, 0.25) is 0 Å². The van der Waals surface area contributed by atoms with E-state index in [4.69, 9.17) is 0 Å². The molecule has 0 aromatic heterocycles. The van der Waals surface area contributed by atoms with Crippen LogP contribution in [0.3, 0.4) is 0 Å². The van der Waals surface area contributed by atoms with Crippen molar-refractivity contribution in [1.82, 2.24) is 10.2 Å². The number of piperazine rings is 1. The predicted molar refractivity (Wildman–Crippen MR) is 78.3 cm³/mol. The van der Waals surface area contributed by atoms with Gasteiger partial charge in [-0.15, -0.1) is 0 Å². The third kappa shape index (κ3) is 4.00. The summed E-state index contributed by atoms with van der Waals surface area (Å²) < 4.78 is 0. The van der Waals surface area contributed by atoms with Crippen LogP contribution in [0.5, 0.6) is 0 Å². The van der Waals surface area contributed by atoms with Crippen molar-refractivity contribution in [2.24, 2.45) is 0 Å². The Kier molecular flexibility index (Phi) is 5.49. The van der Waals surface area contributed by atoms with Gasteiger partial charge in [0.1, 0.15) is 0 Å². The first-order chi connectivity index (χ1) is 8.90. The van der Waals surface area contributed by atoms with Crippen molar-refractivity contribution >= 4 is 5.69 Å². The largest absolute Gasteiger partial charge is 0.372 e. The fraction of sp³-hybridized carbons (Fsp3) is 0.600. The maximum Gasteiger partial charge on any atom is 0.0366 e.